The van der Waals surface area contributed by atoms with Crippen molar-refractivity contribution < 1.29 is 18.0 Å². The Morgan fingerprint density at radius 1 is 1.11 bits per heavy atom. The number of nitrogens with zero attached hydrogens (tertiary/aromatic N) is 1. The van der Waals surface area contributed by atoms with Crippen molar-refractivity contribution in [2.75, 3.05) is 5.32 Å². The van der Waals surface area contributed by atoms with Gasteiger partial charge in [-0.2, -0.15) is 13.2 Å². The van der Waals surface area contributed by atoms with E-state index in [0.29, 0.717) is 33.0 Å². The van der Waals surface area contributed by atoms with Gasteiger partial charge in [-0.1, -0.05) is 52.7 Å². The molecule has 3 aliphatic rings. The van der Waals surface area contributed by atoms with E-state index in [1.54, 1.807) is 17.8 Å². The molecule has 0 saturated heterocycles. The van der Waals surface area contributed by atoms with E-state index in [4.69, 9.17) is 23.2 Å². The highest BCUT2D eigenvalue weighted by atomic mass is 35.5. The first kappa shape index (κ1) is 25.3. The van der Waals surface area contributed by atoms with Crippen molar-refractivity contribution in [3.05, 3.63) is 78.2 Å². The van der Waals surface area contributed by atoms with Crippen LogP contribution in [-0.2, 0) is 17.5 Å². The Kier molecular flexibility index (Phi) is 6.41. The van der Waals surface area contributed by atoms with Crippen LogP contribution >= 0.6 is 46.3 Å². The fourth-order valence-electron chi connectivity index (χ4n) is 6.31. The summed E-state index contributed by atoms with van der Waals surface area (Å²) in [5.41, 5.74) is 0.0796. The molecule has 2 aliphatic carbocycles. The number of nitrogens with one attached hydrogen (secondary N) is 1. The third kappa shape index (κ3) is 4.41. The lowest BCUT2D eigenvalue weighted by Gasteiger charge is -2.40. The van der Waals surface area contributed by atoms with E-state index in [1.807, 2.05) is 12.1 Å². The number of halogens is 5. The van der Waals surface area contributed by atoms with Gasteiger partial charge in [0, 0.05) is 21.7 Å². The number of fused-ring (bicyclic) bond motifs is 6. The van der Waals surface area contributed by atoms with Gasteiger partial charge in [-0.15, -0.1) is 11.8 Å². The van der Waals surface area contributed by atoms with Crippen LogP contribution in [0, 0.1) is 17.8 Å². The maximum absolute atomic E-state index is 13.2. The molecule has 194 valence electrons. The van der Waals surface area contributed by atoms with Gasteiger partial charge in [-0.05, 0) is 66.8 Å². The van der Waals surface area contributed by atoms with Gasteiger partial charge in [0.2, 0.25) is 5.91 Å². The molecule has 5 atom stereocenters. The number of hydrogen-bond donors (Lipinski definition) is 1. The second kappa shape index (κ2) is 9.36. The number of anilines is 1. The molecule has 4 nitrogen and oxygen atoms in total. The molecule has 1 aliphatic heterocycles. The fourth-order valence-corrected chi connectivity index (χ4v) is 9.88. The van der Waals surface area contributed by atoms with Crippen molar-refractivity contribution in [3.63, 3.8) is 0 Å². The van der Waals surface area contributed by atoms with Crippen molar-refractivity contribution in [2.45, 2.75) is 48.2 Å². The second-order valence-corrected chi connectivity index (χ2v) is 12.8. The monoisotopic (exact) mass is 584 g/mol. The first-order valence-electron chi connectivity index (χ1n) is 11.9. The summed E-state index contributed by atoms with van der Waals surface area (Å²) in [5, 5.41) is 4.53. The second-order valence-electron chi connectivity index (χ2n) is 9.86. The summed E-state index contributed by atoms with van der Waals surface area (Å²) < 4.78 is 40.7. The van der Waals surface area contributed by atoms with Crippen LogP contribution in [-0.4, -0.2) is 15.7 Å². The Bertz CT molecular complexity index is 1450. The fraction of sp³-hybridized carbons (Fsp3) is 0.385. The number of thioether (sulfide) groups is 1. The maximum Gasteiger partial charge on any atom is 0.416 e. The molecule has 4 unspecified atom stereocenters. The van der Waals surface area contributed by atoms with Crippen molar-refractivity contribution in [1.29, 1.82) is 0 Å². The zero-order valence-electron chi connectivity index (χ0n) is 19.2. The van der Waals surface area contributed by atoms with Crippen LogP contribution in [0.4, 0.5) is 18.9 Å². The average Bonchev–Trinajstić information content (AvgIpc) is 3.54. The smallest absolute Gasteiger partial charge is 0.325 e. The molecule has 6 rings (SSSR count). The zero-order valence-corrected chi connectivity index (χ0v) is 22.4. The van der Waals surface area contributed by atoms with E-state index in [1.165, 1.54) is 16.7 Å². The predicted molar refractivity (Wildman–Crippen MR) is 141 cm³/mol. The lowest BCUT2D eigenvalue weighted by Crippen LogP contribution is -2.35. The Morgan fingerprint density at radius 3 is 2.65 bits per heavy atom. The summed E-state index contributed by atoms with van der Waals surface area (Å²) in [6.07, 6.45) is -1.07. The molecule has 3 aromatic rings. The van der Waals surface area contributed by atoms with Crippen LogP contribution in [0.25, 0.3) is 0 Å². The van der Waals surface area contributed by atoms with Crippen molar-refractivity contribution in [3.8, 4) is 0 Å². The molecule has 1 aromatic heterocycles. The van der Waals surface area contributed by atoms with Crippen LogP contribution in [0.15, 0.2) is 52.3 Å². The number of rotatable bonds is 4. The Labute approximate surface area is 229 Å². The molecule has 11 heteroatoms. The molecule has 2 fully saturated rings. The number of benzene rings is 2. The maximum atomic E-state index is 13.2. The van der Waals surface area contributed by atoms with Crippen LogP contribution < -0.4 is 10.2 Å². The summed E-state index contributed by atoms with van der Waals surface area (Å²) in [5.74, 6) is 0.766. The lowest BCUT2D eigenvalue weighted by molar-refractivity contribution is -0.137. The van der Waals surface area contributed by atoms with Gasteiger partial charge in [-0.25, -0.2) is 0 Å². The van der Waals surface area contributed by atoms with Gasteiger partial charge in [0.05, 0.1) is 20.6 Å². The Hall–Kier alpha value is -1.94. The highest BCUT2D eigenvalue weighted by molar-refractivity contribution is 8.00. The normalized spacial score (nSPS) is 26.1. The number of thiazole rings is 1. The predicted octanol–water partition coefficient (Wildman–Crippen LogP) is 7.53. The van der Waals surface area contributed by atoms with Gasteiger partial charge < -0.3 is 5.32 Å². The minimum atomic E-state index is -4.52. The number of carbonyl (C=O) groups excluding carboxylic acids is 1. The first-order chi connectivity index (χ1) is 17.6. The van der Waals surface area contributed by atoms with Gasteiger partial charge in [-0.3, -0.25) is 14.2 Å². The SMILES string of the molecule is O=C(Cn1c2c(sc1=O)[C@@H](c1cccc(Cl)c1Cl)C1C3CCC(C3)C1S2)Nc1cccc(C(F)(F)F)c1. The van der Waals surface area contributed by atoms with Crippen molar-refractivity contribution >= 4 is 57.9 Å². The van der Waals surface area contributed by atoms with E-state index >= 15 is 0 Å². The van der Waals surface area contributed by atoms with Crippen LogP contribution in [0.3, 0.4) is 0 Å². The lowest BCUT2D eigenvalue weighted by atomic mass is 9.75. The van der Waals surface area contributed by atoms with Crippen molar-refractivity contribution in [1.82, 2.24) is 4.57 Å². The van der Waals surface area contributed by atoms with Gasteiger partial charge >= 0.3 is 11.0 Å². The highest BCUT2D eigenvalue weighted by Gasteiger charge is 2.55. The number of carbonyl (C=O) groups is 1. The van der Waals surface area contributed by atoms with E-state index in [-0.39, 0.29) is 23.0 Å². The topological polar surface area (TPSA) is 51.1 Å². The summed E-state index contributed by atoms with van der Waals surface area (Å²) in [4.78, 5) is 26.7. The number of aromatic nitrogens is 1. The largest absolute Gasteiger partial charge is 0.416 e. The van der Waals surface area contributed by atoms with E-state index in [2.05, 4.69) is 5.32 Å². The van der Waals surface area contributed by atoms with Crippen LogP contribution in [0.5, 0.6) is 0 Å². The molecule has 2 heterocycles. The summed E-state index contributed by atoms with van der Waals surface area (Å²) in [7, 11) is 0. The molecule has 2 aromatic carbocycles. The van der Waals surface area contributed by atoms with Crippen molar-refractivity contribution in [2.24, 2.45) is 17.8 Å². The van der Waals surface area contributed by atoms with Crippen LogP contribution in [0.2, 0.25) is 10.0 Å². The first-order valence-corrected chi connectivity index (χ1v) is 14.4. The van der Waals surface area contributed by atoms with E-state index in [0.717, 1.165) is 58.2 Å². The Morgan fingerprint density at radius 2 is 1.86 bits per heavy atom. The molecule has 1 amide bonds. The summed E-state index contributed by atoms with van der Waals surface area (Å²) in [6, 6.07) is 10.0. The standard InChI is InChI=1S/C26H21Cl2F3N2O2S2/c27-17-6-2-5-16(21(17)28)20-19-12-7-8-13(9-12)22(19)36-24-23(20)37-25(35)33(24)11-18(34)32-15-4-1-3-14(10-15)26(29,30)31/h1-6,10,12-13,19-20,22H,7-9,11H2,(H,32,34)/t12?,13?,19?,20-,22?/m0/s1. The molecular weight excluding hydrogens is 564 g/mol. The molecule has 0 spiro atoms. The summed E-state index contributed by atoms with van der Waals surface area (Å²) in [6.45, 7) is -0.282. The number of amides is 1. The summed E-state index contributed by atoms with van der Waals surface area (Å²) >= 11 is 15.9. The molecule has 0 radical (unpaired) electrons. The number of alkyl halides is 3. The number of hydrogen-bond acceptors (Lipinski definition) is 4. The van der Waals surface area contributed by atoms with Gasteiger partial charge in [0.15, 0.2) is 0 Å². The molecule has 2 bridgehead atoms. The van der Waals surface area contributed by atoms with Gasteiger partial charge in [0.25, 0.3) is 0 Å². The Balaban J connectivity index is 1.35. The molecular formula is C26H21Cl2F3N2O2S2. The minimum Gasteiger partial charge on any atom is -0.325 e. The van der Waals surface area contributed by atoms with E-state index in [9.17, 15) is 22.8 Å². The third-order valence-corrected chi connectivity index (χ3v) is 11.4. The van der Waals surface area contributed by atoms with Gasteiger partial charge in [0.1, 0.15) is 6.54 Å². The van der Waals surface area contributed by atoms with Crippen LogP contribution in [0.1, 0.15) is 41.2 Å². The average molecular weight is 586 g/mol. The zero-order chi connectivity index (χ0) is 26.1. The molecule has 2 saturated carbocycles. The quantitative estimate of drug-likeness (QED) is 0.345. The molecule has 37 heavy (non-hydrogen) atoms. The third-order valence-electron chi connectivity index (χ3n) is 7.78. The molecule has 1 N–H and O–H groups in total. The van der Waals surface area contributed by atoms with E-state index < -0.39 is 17.6 Å². The minimum absolute atomic E-state index is 0.0291. The highest BCUT2D eigenvalue weighted by Crippen LogP contribution is 2.64.